The first kappa shape index (κ1) is 20.8. The molecule has 2 N–H and O–H groups in total. The first-order valence-electron chi connectivity index (χ1n) is 10.7. The number of rotatable bonds is 9. The SMILES string of the molecule is COc1cccc(-c2cn(CC[C@H]3CC[C@@H](NC(=O)CC4CC4)[C@H](CO)O3)nn2)c1. The fourth-order valence-corrected chi connectivity index (χ4v) is 3.96. The lowest BCUT2D eigenvalue weighted by molar-refractivity contribution is -0.129. The summed E-state index contributed by atoms with van der Waals surface area (Å²) in [6.45, 7) is 0.590. The average Bonchev–Trinajstić information content (AvgIpc) is 3.45. The molecule has 2 fully saturated rings. The molecule has 2 heterocycles. The third-order valence-electron chi connectivity index (χ3n) is 5.90. The molecule has 1 amide bonds. The van der Waals surface area contributed by atoms with E-state index in [0.29, 0.717) is 18.9 Å². The Bertz CT molecular complexity index is 851. The largest absolute Gasteiger partial charge is 0.497 e. The number of aryl methyl sites for hydroxylation is 1. The molecule has 1 aliphatic carbocycles. The summed E-state index contributed by atoms with van der Waals surface area (Å²) < 4.78 is 13.2. The van der Waals surface area contributed by atoms with Gasteiger partial charge in [0, 0.05) is 18.5 Å². The van der Waals surface area contributed by atoms with Gasteiger partial charge in [-0.25, -0.2) is 0 Å². The van der Waals surface area contributed by atoms with Crippen LogP contribution in [-0.4, -0.2) is 58.0 Å². The fraction of sp³-hybridized carbons (Fsp3) is 0.591. The highest BCUT2D eigenvalue weighted by Gasteiger charge is 2.33. The van der Waals surface area contributed by atoms with Gasteiger partial charge in [0.2, 0.25) is 5.91 Å². The van der Waals surface area contributed by atoms with Crippen molar-refractivity contribution >= 4 is 5.91 Å². The minimum atomic E-state index is -0.352. The molecule has 4 rings (SSSR count). The normalized spacial score (nSPS) is 23.9. The Balaban J connectivity index is 1.27. The summed E-state index contributed by atoms with van der Waals surface area (Å²) in [5.74, 6) is 1.42. The van der Waals surface area contributed by atoms with Crippen LogP contribution in [0, 0.1) is 5.92 Å². The van der Waals surface area contributed by atoms with Crippen LogP contribution in [0.3, 0.4) is 0 Å². The average molecular weight is 415 g/mol. The molecule has 30 heavy (non-hydrogen) atoms. The zero-order valence-electron chi connectivity index (χ0n) is 17.4. The number of benzene rings is 1. The maximum atomic E-state index is 12.1. The summed E-state index contributed by atoms with van der Waals surface area (Å²) >= 11 is 0. The molecular weight excluding hydrogens is 384 g/mol. The molecule has 8 nitrogen and oxygen atoms in total. The second kappa shape index (κ2) is 9.57. The highest BCUT2D eigenvalue weighted by molar-refractivity contribution is 5.76. The standard InChI is InChI=1S/C22H30N4O4/c1-29-18-4-2-3-16(12-18)20-13-26(25-24-20)10-9-17-7-8-19(21(14-27)30-17)23-22(28)11-15-5-6-15/h2-4,12-13,15,17,19,21,27H,5-11,14H2,1H3,(H,23,28)/t17-,19-,21+/m1/s1. The second-order valence-corrected chi connectivity index (χ2v) is 8.27. The van der Waals surface area contributed by atoms with Crippen molar-refractivity contribution in [3.8, 4) is 17.0 Å². The first-order valence-corrected chi connectivity index (χ1v) is 10.7. The predicted molar refractivity (Wildman–Crippen MR) is 111 cm³/mol. The Morgan fingerprint density at radius 3 is 2.97 bits per heavy atom. The van der Waals surface area contributed by atoms with Crippen molar-refractivity contribution in [2.75, 3.05) is 13.7 Å². The molecule has 1 aromatic carbocycles. The van der Waals surface area contributed by atoms with Crippen LogP contribution in [0.4, 0.5) is 0 Å². The first-order chi connectivity index (χ1) is 14.6. The molecule has 0 bridgehead atoms. The van der Waals surface area contributed by atoms with Gasteiger partial charge < -0.3 is 19.9 Å². The van der Waals surface area contributed by atoms with Crippen LogP contribution in [0.2, 0.25) is 0 Å². The van der Waals surface area contributed by atoms with Gasteiger partial charge in [0.15, 0.2) is 0 Å². The molecule has 1 saturated heterocycles. The number of nitrogens with one attached hydrogen (secondary N) is 1. The topological polar surface area (TPSA) is 98.5 Å². The molecule has 0 spiro atoms. The summed E-state index contributed by atoms with van der Waals surface area (Å²) in [5.41, 5.74) is 1.75. The smallest absolute Gasteiger partial charge is 0.220 e. The molecule has 162 valence electrons. The third-order valence-corrected chi connectivity index (χ3v) is 5.90. The van der Waals surface area contributed by atoms with E-state index in [1.165, 1.54) is 0 Å². The number of carbonyl (C=O) groups excluding carboxylic acids is 1. The van der Waals surface area contributed by atoms with E-state index in [1.54, 1.807) is 7.11 Å². The maximum absolute atomic E-state index is 12.1. The van der Waals surface area contributed by atoms with E-state index in [-0.39, 0.29) is 30.8 Å². The number of aliphatic hydroxyl groups is 1. The Hall–Kier alpha value is -2.45. The van der Waals surface area contributed by atoms with E-state index < -0.39 is 0 Å². The summed E-state index contributed by atoms with van der Waals surface area (Å²) in [6.07, 6.45) is 6.95. The highest BCUT2D eigenvalue weighted by atomic mass is 16.5. The molecule has 2 aliphatic rings. The van der Waals surface area contributed by atoms with Gasteiger partial charge in [-0.05, 0) is 50.2 Å². The van der Waals surface area contributed by atoms with E-state index >= 15 is 0 Å². The quantitative estimate of drug-likeness (QED) is 0.653. The van der Waals surface area contributed by atoms with Gasteiger partial charge in [-0.1, -0.05) is 17.3 Å². The Morgan fingerprint density at radius 1 is 1.33 bits per heavy atom. The summed E-state index contributed by atoms with van der Waals surface area (Å²) in [5, 5.41) is 21.3. The van der Waals surface area contributed by atoms with E-state index in [0.717, 1.165) is 49.1 Å². The van der Waals surface area contributed by atoms with Crippen LogP contribution in [0.25, 0.3) is 11.3 Å². The van der Waals surface area contributed by atoms with Crippen LogP contribution in [0.15, 0.2) is 30.5 Å². The van der Waals surface area contributed by atoms with Crippen LogP contribution in [0.1, 0.15) is 38.5 Å². The van der Waals surface area contributed by atoms with Crippen LogP contribution >= 0.6 is 0 Å². The molecule has 1 saturated carbocycles. The number of aliphatic hydroxyl groups excluding tert-OH is 1. The van der Waals surface area contributed by atoms with Crippen molar-refractivity contribution in [3.05, 3.63) is 30.5 Å². The predicted octanol–water partition coefficient (Wildman–Crippen LogP) is 2.17. The lowest BCUT2D eigenvalue weighted by atomic mass is 9.97. The summed E-state index contributed by atoms with van der Waals surface area (Å²) in [4.78, 5) is 12.1. The Morgan fingerprint density at radius 2 is 2.20 bits per heavy atom. The van der Waals surface area contributed by atoms with Gasteiger partial charge in [-0.15, -0.1) is 5.10 Å². The molecule has 2 aromatic rings. The van der Waals surface area contributed by atoms with Crippen LogP contribution < -0.4 is 10.1 Å². The number of amides is 1. The fourth-order valence-electron chi connectivity index (χ4n) is 3.96. The minimum absolute atomic E-state index is 0.0307. The van der Waals surface area contributed by atoms with Gasteiger partial charge in [0.05, 0.1) is 32.1 Å². The molecule has 8 heteroatoms. The number of methoxy groups -OCH3 is 1. The lowest BCUT2D eigenvalue weighted by Crippen LogP contribution is -2.51. The summed E-state index contributed by atoms with van der Waals surface area (Å²) in [7, 11) is 1.64. The molecule has 1 aliphatic heterocycles. The Kier molecular flexibility index (Phi) is 6.64. The Labute approximate surface area is 176 Å². The molecule has 0 radical (unpaired) electrons. The minimum Gasteiger partial charge on any atom is -0.497 e. The number of nitrogens with zero attached hydrogens (tertiary/aromatic N) is 3. The van der Waals surface area contributed by atoms with Gasteiger partial charge in [-0.3, -0.25) is 9.48 Å². The second-order valence-electron chi connectivity index (χ2n) is 8.27. The van der Waals surface area contributed by atoms with Crippen molar-refractivity contribution < 1.29 is 19.4 Å². The zero-order valence-corrected chi connectivity index (χ0v) is 17.4. The molecule has 1 aromatic heterocycles. The van der Waals surface area contributed by atoms with Crippen molar-refractivity contribution in [2.24, 2.45) is 5.92 Å². The van der Waals surface area contributed by atoms with E-state index in [4.69, 9.17) is 9.47 Å². The number of hydrogen-bond donors (Lipinski definition) is 2. The van der Waals surface area contributed by atoms with Gasteiger partial charge >= 0.3 is 0 Å². The monoisotopic (exact) mass is 414 g/mol. The number of ether oxygens (including phenoxy) is 2. The van der Waals surface area contributed by atoms with Crippen LogP contribution in [0.5, 0.6) is 5.75 Å². The maximum Gasteiger partial charge on any atom is 0.220 e. The summed E-state index contributed by atoms with van der Waals surface area (Å²) in [6, 6.07) is 7.63. The van der Waals surface area contributed by atoms with Crippen molar-refractivity contribution in [1.29, 1.82) is 0 Å². The van der Waals surface area contributed by atoms with Crippen LogP contribution in [-0.2, 0) is 16.1 Å². The van der Waals surface area contributed by atoms with E-state index in [2.05, 4.69) is 15.6 Å². The lowest BCUT2D eigenvalue weighted by Gasteiger charge is -2.36. The third kappa shape index (κ3) is 5.37. The van der Waals surface area contributed by atoms with Crippen molar-refractivity contribution in [3.63, 3.8) is 0 Å². The van der Waals surface area contributed by atoms with Crippen molar-refractivity contribution in [1.82, 2.24) is 20.3 Å². The van der Waals surface area contributed by atoms with E-state index in [9.17, 15) is 9.90 Å². The van der Waals surface area contributed by atoms with Crippen molar-refractivity contribution in [2.45, 2.75) is 63.3 Å². The number of hydrogen-bond acceptors (Lipinski definition) is 6. The molecule has 3 atom stereocenters. The number of carbonyl (C=O) groups is 1. The number of aromatic nitrogens is 3. The van der Waals surface area contributed by atoms with Gasteiger partial charge in [-0.2, -0.15) is 0 Å². The van der Waals surface area contributed by atoms with Gasteiger partial charge in [0.25, 0.3) is 0 Å². The molecular formula is C22H30N4O4. The molecule has 0 unspecified atom stereocenters. The van der Waals surface area contributed by atoms with E-state index in [1.807, 2.05) is 35.1 Å². The highest BCUT2D eigenvalue weighted by Crippen LogP contribution is 2.32. The zero-order chi connectivity index (χ0) is 20.9. The van der Waals surface area contributed by atoms with Gasteiger partial charge in [0.1, 0.15) is 17.5 Å².